The average molecular weight is 238 g/mol. The van der Waals surface area contributed by atoms with Gasteiger partial charge in [-0.05, 0) is 31.9 Å². The fourth-order valence-corrected chi connectivity index (χ4v) is 1.75. The number of aliphatic hydroxyl groups is 1. The molecule has 3 nitrogen and oxygen atoms in total. The first kappa shape index (κ1) is 14.2. The van der Waals surface area contributed by atoms with Gasteiger partial charge in [-0.3, -0.25) is 0 Å². The topological polar surface area (TPSA) is 38.7 Å². The monoisotopic (exact) mass is 238 g/mol. The first-order chi connectivity index (χ1) is 8.04. The van der Waals surface area contributed by atoms with Crippen LogP contribution in [0.5, 0.6) is 0 Å². The maximum Gasteiger partial charge on any atom is 0.103 e. The van der Waals surface area contributed by atoms with E-state index in [4.69, 9.17) is 9.47 Å². The molecule has 1 rings (SSSR count). The van der Waals surface area contributed by atoms with Crippen LogP contribution in [-0.4, -0.2) is 31.5 Å². The van der Waals surface area contributed by atoms with Crippen LogP contribution in [0.15, 0.2) is 18.2 Å². The minimum absolute atomic E-state index is 0.000217. The number of ether oxygens (including phenoxy) is 2. The lowest BCUT2D eigenvalue weighted by Gasteiger charge is -2.18. The lowest BCUT2D eigenvalue weighted by atomic mass is 10.0. The van der Waals surface area contributed by atoms with Crippen LogP contribution in [0, 0.1) is 13.8 Å². The third-order valence-electron chi connectivity index (χ3n) is 2.73. The molecule has 0 saturated heterocycles. The van der Waals surface area contributed by atoms with E-state index in [1.807, 2.05) is 39.0 Å². The highest BCUT2D eigenvalue weighted by atomic mass is 16.5. The third-order valence-corrected chi connectivity index (χ3v) is 2.73. The molecule has 3 heteroatoms. The van der Waals surface area contributed by atoms with Crippen LogP contribution >= 0.6 is 0 Å². The molecule has 0 aliphatic rings. The Morgan fingerprint density at radius 2 is 1.94 bits per heavy atom. The molecular weight excluding hydrogens is 216 g/mol. The second-order valence-corrected chi connectivity index (χ2v) is 4.48. The summed E-state index contributed by atoms with van der Waals surface area (Å²) >= 11 is 0. The molecule has 0 saturated carbocycles. The van der Waals surface area contributed by atoms with Crippen molar-refractivity contribution in [3.63, 3.8) is 0 Å². The molecule has 0 aromatic heterocycles. The van der Waals surface area contributed by atoms with E-state index in [1.165, 1.54) is 0 Å². The zero-order valence-electron chi connectivity index (χ0n) is 11.1. The van der Waals surface area contributed by atoms with E-state index in [-0.39, 0.29) is 6.10 Å². The SMILES string of the molecule is COCC(C)OCC(O)c1cc(C)ccc1C. The highest BCUT2D eigenvalue weighted by Gasteiger charge is 2.12. The zero-order chi connectivity index (χ0) is 12.8. The third kappa shape index (κ3) is 4.46. The average Bonchev–Trinajstić information content (AvgIpc) is 2.29. The molecule has 2 atom stereocenters. The fourth-order valence-electron chi connectivity index (χ4n) is 1.75. The van der Waals surface area contributed by atoms with Crippen LogP contribution in [0.4, 0.5) is 0 Å². The van der Waals surface area contributed by atoms with Gasteiger partial charge in [0.25, 0.3) is 0 Å². The summed E-state index contributed by atoms with van der Waals surface area (Å²) in [4.78, 5) is 0. The molecule has 0 radical (unpaired) electrons. The van der Waals surface area contributed by atoms with Gasteiger partial charge in [-0.15, -0.1) is 0 Å². The van der Waals surface area contributed by atoms with Crippen LogP contribution in [-0.2, 0) is 9.47 Å². The largest absolute Gasteiger partial charge is 0.386 e. The van der Waals surface area contributed by atoms with Crippen molar-refractivity contribution in [2.45, 2.75) is 33.0 Å². The predicted molar refractivity (Wildman–Crippen MR) is 68.2 cm³/mol. The molecule has 0 spiro atoms. The smallest absolute Gasteiger partial charge is 0.103 e. The molecule has 1 aromatic carbocycles. The van der Waals surface area contributed by atoms with Gasteiger partial charge in [-0.1, -0.05) is 23.8 Å². The lowest BCUT2D eigenvalue weighted by molar-refractivity contribution is -0.0327. The van der Waals surface area contributed by atoms with Crippen LogP contribution < -0.4 is 0 Å². The van der Waals surface area contributed by atoms with E-state index < -0.39 is 6.10 Å². The van der Waals surface area contributed by atoms with Gasteiger partial charge in [-0.25, -0.2) is 0 Å². The summed E-state index contributed by atoms with van der Waals surface area (Å²) in [7, 11) is 1.64. The molecule has 2 unspecified atom stereocenters. The van der Waals surface area contributed by atoms with Crippen molar-refractivity contribution in [2.24, 2.45) is 0 Å². The van der Waals surface area contributed by atoms with Crippen molar-refractivity contribution < 1.29 is 14.6 Å². The van der Waals surface area contributed by atoms with E-state index in [0.717, 1.165) is 16.7 Å². The van der Waals surface area contributed by atoms with Crippen LogP contribution in [0.2, 0.25) is 0 Å². The predicted octanol–water partition coefficient (Wildman–Crippen LogP) is 2.39. The van der Waals surface area contributed by atoms with Gasteiger partial charge in [-0.2, -0.15) is 0 Å². The van der Waals surface area contributed by atoms with Crippen LogP contribution in [0.3, 0.4) is 0 Å². The lowest BCUT2D eigenvalue weighted by Crippen LogP contribution is -2.19. The molecule has 17 heavy (non-hydrogen) atoms. The first-order valence-electron chi connectivity index (χ1n) is 5.90. The van der Waals surface area contributed by atoms with Crippen molar-refractivity contribution >= 4 is 0 Å². The molecule has 0 fully saturated rings. The Bertz CT molecular complexity index is 349. The van der Waals surface area contributed by atoms with E-state index in [1.54, 1.807) is 7.11 Å². The number of hydrogen-bond acceptors (Lipinski definition) is 3. The van der Waals surface area contributed by atoms with Crippen molar-refractivity contribution in [3.8, 4) is 0 Å². The first-order valence-corrected chi connectivity index (χ1v) is 5.90. The molecular formula is C14H22O3. The van der Waals surface area contributed by atoms with Crippen molar-refractivity contribution in [2.75, 3.05) is 20.3 Å². The van der Waals surface area contributed by atoms with Crippen molar-refractivity contribution in [1.29, 1.82) is 0 Å². The van der Waals surface area contributed by atoms with E-state index in [0.29, 0.717) is 13.2 Å². The second kappa shape index (κ2) is 6.74. The van der Waals surface area contributed by atoms with Crippen molar-refractivity contribution in [3.05, 3.63) is 34.9 Å². The summed E-state index contributed by atoms with van der Waals surface area (Å²) in [6.07, 6.45) is -0.575. The number of rotatable bonds is 6. The molecule has 0 aliphatic heterocycles. The zero-order valence-corrected chi connectivity index (χ0v) is 11.1. The number of aryl methyl sites for hydroxylation is 2. The Hall–Kier alpha value is -0.900. The highest BCUT2D eigenvalue weighted by molar-refractivity contribution is 5.32. The summed E-state index contributed by atoms with van der Waals surface area (Å²) in [5.74, 6) is 0. The molecule has 1 aromatic rings. The summed E-state index contributed by atoms with van der Waals surface area (Å²) in [6, 6.07) is 6.07. The van der Waals surface area contributed by atoms with Gasteiger partial charge >= 0.3 is 0 Å². The van der Waals surface area contributed by atoms with Gasteiger partial charge in [0.15, 0.2) is 0 Å². The maximum atomic E-state index is 10.1. The highest BCUT2D eigenvalue weighted by Crippen LogP contribution is 2.19. The molecule has 0 aliphatic carbocycles. The molecule has 96 valence electrons. The minimum Gasteiger partial charge on any atom is -0.386 e. The Balaban J connectivity index is 2.57. The quantitative estimate of drug-likeness (QED) is 0.827. The summed E-state index contributed by atoms with van der Waals surface area (Å²) in [6.45, 7) is 6.79. The van der Waals surface area contributed by atoms with Gasteiger partial charge in [0.05, 0.1) is 19.3 Å². The number of hydrogen-bond donors (Lipinski definition) is 1. The number of aliphatic hydroxyl groups excluding tert-OH is 1. The molecule has 0 heterocycles. The number of benzene rings is 1. The molecule has 0 amide bonds. The number of methoxy groups -OCH3 is 1. The Morgan fingerprint density at radius 3 is 2.59 bits per heavy atom. The Labute approximate surface area is 103 Å². The summed E-state index contributed by atoms with van der Waals surface area (Å²) in [5.41, 5.74) is 3.18. The van der Waals surface area contributed by atoms with Gasteiger partial charge in [0, 0.05) is 7.11 Å². The molecule has 0 bridgehead atoms. The fraction of sp³-hybridized carbons (Fsp3) is 0.571. The minimum atomic E-state index is -0.575. The van der Waals surface area contributed by atoms with Crippen LogP contribution in [0.1, 0.15) is 29.7 Å². The normalized spacial score (nSPS) is 14.6. The summed E-state index contributed by atoms with van der Waals surface area (Å²) < 4.78 is 10.5. The summed E-state index contributed by atoms with van der Waals surface area (Å²) in [5, 5.41) is 10.1. The molecule has 1 N–H and O–H groups in total. The standard InChI is InChI=1S/C14H22O3/c1-10-5-6-11(2)13(7-10)14(15)9-17-12(3)8-16-4/h5-7,12,14-15H,8-9H2,1-4H3. The van der Waals surface area contributed by atoms with E-state index in [9.17, 15) is 5.11 Å². The maximum absolute atomic E-state index is 10.1. The van der Waals surface area contributed by atoms with Gasteiger partial charge in [0.1, 0.15) is 6.10 Å². The van der Waals surface area contributed by atoms with Gasteiger partial charge < -0.3 is 14.6 Å². The van der Waals surface area contributed by atoms with E-state index in [2.05, 4.69) is 0 Å². The van der Waals surface area contributed by atoms with E-state index >= 15 is 0 Å². The Morgan fingerprint density at radius 1 is 1.24 bits per heavy atom. The Kier molecular flexibility index (Phi) is 5.62. The second-order valence-electron chi connectivity index (χ2n) is 4.48. The van der Waals surface area contributed by atoms with Crippen molar-refractivity contribution in [1.82, 2.24) is 0 Å². The van der Waals surface area contributed by atoms with Crippen LogP contribution in [0.25, 0.3) is 0 Å². The van der Waals surface area contributed by atoms with Gasteiger partial charge in [0.2, 0.25) is 0 Å².